The molecular formula is C13H17N2O6+. The van der Waals surface area contributed by atoms with Crippen LogP contribution >= 0.6 is 0 Å². The Balaban J connectivity index is 2.01. The third-order valence-electron chi connectivity index (χ3n) is 3.14. The standard InChI is InChI=1S/C13H16N2O6/c1-14-7-12(19-2)20-8-11(14)21-15(18)10-5-3-4-9(6-10)13(16)17/h3-6,11-12H,7-8H2,1-2H3/p+1. The SMILES string of the molecule is COC1CN(C)C(O[N+](=O)c2cccc(C(=O)O)c2)CO1. The quantitative estimate of drug-likeness (QED) is 0.811. The van der Waals surface area contributed by atoms with Crippen molar-refractivity contribution in [2.75, 3.05) is 27.3 Å². The molecule has 0 bridgehead atoms. The van der Waals surface area contributed by atoms with Crippen molar-refractivity contribution in [3.63, 3.8) is 0 Å². The van der Waals surface area contributed by atoms with E-state index >= 15 is 0 Å². The molecular weight excluding hydrogens is 280 g/mol. The summed E-state index contributed by atoms with van der Waals surface area (Å²) in [5, 5.41) is 8.91. The minimum Gasteiger partial charge on any atom is -0.478 e. The highest BCUT2D eigenvalue weighted by molar-refractivity contribution is 5.88. The van der Waals surface area contributed by atoms with Crippen molar-refractivity contribution >= 4 is 11.7 Å². The molecule has 1 fully saturated rings. The summed E-state index contributed by atoms with van der Waals surface area (Å²) in [6, 6.07) is 5.60. The molecule has 1 saturated heterocycles. The molecule has 0 spiro atoms. The van der Waals surface area contributed by atoms with Crippen molar-refractivity contribution in [1.82, 2.24) is 4.90 Å². The average Bonchev–Trinajstić information content (AvgIpc) is 2.49. The summed E-state index contributed by atoms with van der Waals surface area (Å²) in [5.41, 5.74) is 0.127. The van der Waals surface area contributed by atoms with Crippen LogP contribution in [0.2, 0.25) is 0 Å². The summed E-state index contributed by atoms with van der Waals surface area (Å²) in [5.74, 6) is -1.11. The van der Waals surface area contributed by atoms with E-state index in [2.05, 4.69) is 0 Å². The number of hydrogen-bond acceptors (Lipinski definition) is 6. The number of hydrogen-bond donors (Lipinski definition) is 1. The fraction of sp³-hybridized carbons (Fsp3) is 0.462. The predicted molar refractivity (Wildman–Crippen MR) is 70.9 cm³/mol. The van der Waals surface area contributed by atoms with Gasteiger partial charge >= 0.3 is 11.7 Å². The van der Waals surface area contributed by atoms with Gasteiger partial charge in [-0.15, -0.1) is 0 Å². The molecule has 1 heterocycles. The molecule has 2 atom stereocenters. The van der Waals surface area contributed by atoms with Crippen LogP contribution in [0.3, 0.4) is 0 Å². The Morgan fingerprint density at radius 2 is 2.29 bits per heavy atom. The summed E-state index contributed by atoms with van der Waals surface area (Å²) in [6.07, 6.45) is -0.923. The van der Waals surface area contributed by atoms with Crippen molar-refractivity contribution in [1.29, 1.82) is 0 Å². The van der Waals surface area contributed by atoms with Gasteiger partial charge in [-0.3, -0.25) is 4.90 Å². The number of morpholine rings is 1. The van der Waals surface area contributed by atoms with Gasteiger partial charge in [-0.1, -0.05) is 6.07 Å². The lowest BCUT2D eigenvalue weighted by Crippen LogP contribution is -2.50. The molecule has 1 aliphatic rings. The lowest BCUT2D eigenvalue weighted by molar-refractivity contribution is -0.764. The summed E-state index contributed by atoms with van der Waals surface area (Å²) in [6.45, 7) is 0.635. The summed E-state index contributed by atoms with van der Waals surface area (Å²) >= 11 is 0. The van der Waals surface area contributed by atoms with Gasteiger partial charge in [-0.05, 0) is 13.1 Å². The number of ether oxygens (including phenoxy) is 2. The van der Waals surface area contributed by atoms with Gasteiger partial charge in [-0.2, -0.15) is 0 Å². The monoisotopic (exact) mass is 297 g/mol. The number of carboxylic acid groups (broad SMARTS) is 1. The molecule has 0 radical (unpaired) electrons. The van der Waals surface area contributed by atoms with Crippen LogP contribution in [-0.4, -0.2) is 60.7 Å². The number of nitrogens with zero attached hydrogens (tertiary/aromatic N) is 2. The van der Waals surface area contributed by atoms with E-state index in [0.717, 1.165) is 0 Å². The van der Waals surface area contributed by atoms with Crippen molar-refractivity contribution in [3.05, 3.63) is 34.7 Å². The topological polar surface area (TPSA) is 88.3 Å². The van der Waals surface area contributed by atoms with Gasteiger partial charge in [0.2, 0.25) is 0 Å². The number of carbonyl (C=O) groups is 1. The molecule has 1 aromatic carbocycles. The van der Waals surface area contributed by atoms with Crippen LogP contribution in [-0.2, 0) is 14.3 Å². The average molecular weight is 297 g/mol. The van der Waals surface area contributed by atoms with Crippen molar-refractivity contribution < 1.29 is 29.1 Å². The highest BCUT2D eigenvalue weighted by Gasteiger charge is 2.33. The lowest BCUT2D eigenvalue weighted by atomic mass is 10.2. The first-order valence-electron chi connectivity index (χ1n) is 6.33. The highest BCUT2D eigenvalue weighted by atomic mass is 16.8. The third-order valence-corrected chi connectivity index (χ3v) is 3.14. The van der Waals surface area contributed by atoms with Gasteiger partial charge in [0, 0.05) is 19.2 Å². The number of rotatable bonds is 5. The number of benzene rings is 1. The number of carboxylic acids is 1. The van der Waals surface area contributed by atoms with Gasteiger partial charge in [0.1, 0.15) is 6.61 Å². The van der Waals surface area contributed by atoms with Crippen LogP contribution in [0.4, 0.5) is 5.69 Å². The summed E-state index contributed by atoms with van der Waals surface area (Å²) in [4.78, 5) is 30.2. The zero-order valence-electron chi connectivity index (χ0n) is 11.8. The van der Waals surface area contributed by atoms with E-state index in [-0.39, 0.29) is 24.1 Å². The fourth-order valence-corrected chi connectivity index (χ4v) is 1.90. The van der Waals surface area contributed by atoms with Crippen molar-refractivity contribution in [3.8, 4) is 0 Å². The minimum absolute atomic E-state index is 0.0182. The van der Waals surface area contributed by atoms with E-state index in [0.29, 0.717) is 11.5 Å². The number of likely N-dealkylation sites (N-methyl/N-ethyl adjacent to an activating group) is 1. The smallest absolute Gasteiger partial charge is 0.335 e. The van der Waals surface area contributed by atoms with Crippen LogP contribution in [0.1, 0.15) is 10.4 Å². The fourth-order valence-electron chi connectivity index (χ4n) is 1.90. The zero-order valence-corrected chi connectivity index (χ0v) is 11.8. The van der Waals surface area contributed by atoms with Gasteiger partial charge < -0.3 is 14.6 Å². The first-order chi connectivity index (χ1) is 10.0. The molecule has 0 aliphatic carbocycles. The molecule has 0 amide bonds. The third kappa shape index (κ3) is 3.75. The molecule has 21 heavy (non-hydrogen) atoms. The highest BCUT2D eigenvalue weighted by Crippen LogP contribution is 2.18. The van der Waals surface area contributed by atoms with Crippen molar-refractivity contribution in [2.45, 2.75) is 12.5 Å². The van der Waals surface area contributed by atoms with Crippen LogP contribution < -0.4 is 0 Å². The normalized spacial score (nSPS) is 22.8. The maximum absolute atomic E-state index is 12.0. The first-order valence-corrected chi connectivity index (χ1v) is 6.33. The second-order valence-electron chi connectivity index (χ2n) is 4.61. The number of aromatic carboxylic acids is 1. The Morgan fingerprint density at radius 3 is 2.90 bits per heavy atom. The lowest BCUT2D eigenvalue weighted by Gasteiger charge is -2.32. The molecule has 114 valence electrons. The minimum atomic E-state index is -1.11. The van der Waals surface area contributed by atoms with E-state index in [9.17, 15) is 9.70 Å². The Kier molecular flexibility index (Phi) is 4.84. The Bertz CT molecular complexity index is 535. The molecule has 8 heteroatoms. The molecule has 0 aromatic heterocycles. The molecule has 1 N–H and O–H groups in total. The maximum Gasteiger partial charge on any atom is 0.335 e. The summed E-state index contributed by atoms with van der Waals surface area (Å²) < 4.78 is 10.4. The number of methoxy groups -OCH3 is 1. The summed E-state index contributed by atoms with van der Waals surface area (Å²) in [7, 11) is 3.32. The molecule has 8 nitrogen and oxygen atoms in total. The van der Waals surface area contributed by atoms with E-state index < -0.39 is 12.2 Å². The van der Waals surface area contributed by atoms with E-state index in [1.54, 1.807) is 11.9 Å². The first kappa shape index (κ1) is 15.4. The predicted octanol–water partition coefficient (Wildman–Crippen LogP) is 0.987. The van der Waals surface area contributed by atoms with Gasteiger partial charge in [0.25, 0.3) is 11.2 Å². The van der Waals surface area contributed by atoms with Crippen LogP contribution in [0.5, 0.6) is 0 Å². The zero-order chi connectivity index (χ0) is 15.4. The van der Waals surface area contributed by atoms with Crippen molar-refractivity contribution in [2.24, 2.45) is 0 Å². The second kappa shape index (κ2) is 6.61. The molecule has 1 aromatic rings. The Labute approximate surface area is 121 Å². The largest absolute Gasteiger partial charge is 0.478 e. The Morgan fingerprint density at radius 1 is 1.52 bits per heavy atom. The van der Waals surface area contributed by atoms with Crippen LogP contribution in [0.25, 0.3) is 0 Å². The van der Waals surface area contributed by atoms with Gasteiger partial charge in [0.05, 0.1) is 17.0 Å². The van der Waals surface area contributed by atoms with E-state index in [1.165, 1.54) is 31.4 Å². The molecule has 1 aliphatic heterocycles. The maximum atomic E-state index is 12.0. The van der Waals surface area contributed by atoms with Crippen LogP contribution in [0.15, 0.2) is 24.3 Å². The molecule has 2 unspecified atom stereocenters. The van der Waals surface area contributed by atoms with E-state index in [4.69, 9.17) is 19.4 Å². The van der Waals surface area contributed by atoms with E-state index in [1.807, 2.05) is 0 Å². The van der Waals surface area contributed by atoms with Crippen LogP contribution in [0, 0.1) is 4.91 Å². The van der Waals surface area contributed by atoms with Gasteiger partial charge in [-0.25, -0.2) is 9.63 Å². The Hall–Kier alpha value is -2.03. The van der Waals surface area contributed by atoms with Gasteiger partial charge in [0.15, 0.2) is 6.29 Å². The second-order valence-corrected chi connectivity index (χ2v) is 4.61. The molecule has 2 rings (SSSR count). The molecule has 0 saturated carbocycles.